The van der Waals surface area contributed by atoms with E-state index < -0.39 is 6.10 Å². The van der Waals surface area contributed by atoms with Crippen molar-refractivity contribution in [1.29, 1.82) is 5.26 Å². The second kappa shape index (κ2) is 8.14. The number of anilines is 1. The molecule has 2 N–H and O–H groups in total. The van der Waals surface area contributed by atoms with E-state index >= 15 is 0 Å². The lowest BCUT2D eigenvalue weighted by Gasteiger charge is -2.17. The Hall–Kier alpha value is -2.98. The average molecular weight is 365 g/mol. The standard InChI is InChI=1S/C20H23N5O2/c1-13(2)15-5-3-14(4-6-15)9-20(27)22-17-11-25(12-18(17)26)19-8-7-16(10-21)23-24-19/h3-8,13,17-18,26H,9,11-12H2,1-2H3,(H,22,27)/t17?,18-/m0/s1. The number of carbonyl (C=O) groups is 1. The number of rotatable bonds is 5. The van der Waals surface area contributed by atoms with Gasteiger partial charge in [-0.05, 0) is 29.2 Å². The Morgan fingerprint density at radius 2 is 2.00 bits per heavy atom. The summed E-state index contributed by atoms with van der Waals surface area (Å²) in [5.74, 6) is 0.913. The molecule has 27 heavy (non-hydrogen) atoms. The van der Waals surface area contributed by atoms with Crippen LogP contribution in [0.15, 0.2) is 36.4 Å². The Morgan fingerprint density at radius 3 is 2.59 bits per heavy atom. The second-order valence-corrected chi connectivity index (χ2v) is 7.11. The van der Waals surface area contributed by atoms with Crippen molar-refractivity contribution in [3.8, 4) is 6.07 Å². The van der Waals surface area contributed by atoms with E-state index in [2.05, 4.69) is 29.4 Å². The van der Waals surface area contributed by atoms with Gasteiger partial charge in [-0.2, -0.15) is 5.26 Å². The molecule has 1 aromatic heterocycles. The van der Waals surface area contributed by atoms with Crippen LogP contribution in [0.3, 0.4) is 0 Å². The Balaban J connectivity index is 1.56. The SMILES string of the molecule is CC(C)c1ccc(CC(=O)NC2CN(c3ccc(C#N)nn3)C[C@@H]2O)cc1. The topological polar surface area (TPSA) is 102 Å². The number of benzene rings is 1. The smallest absolute Gasteiger partial charge is 0.224 e. The zero-order valence-corrected chi connectivity index (χ0v) is 15.5. The number of β-amino-alcohol motifs (C(OH)–C–C–N with tert-alkyl or cyclic N) is 1. The molecule has 2 heterocycles. The second-order valence-electron chi connectivity index (χ2n) is 7.11. The van der Waals surface area contributed by atoms with Crippen LogP contribution in [0.25, 0.3) is 0 Å². The van der Waals surface area contributed by atoms with Crippen molar-refractivity contribution < 1.29 is 9.90 Å². The molecule has 1 aromatic carbocycles. The van der Waals surface area contributed by atoms with E-state index in [1.807, 2.05) is 35.2 Å². The predicted molar refractivity (Wildman–Crippen MR) is 101 cm³/mol. The number of hydrogen-bond donors (Lipinski definition) is 2. The molecule has 0 aliphatic carbocycles. The van der Waals surface area contributed by atoms with Crippen LogP contribution in [-0.2, 0) is 11.2 Å². The van der Waals surface area contributed by atoms with Crippen LogP contribution >= 0.6 is 0 Å². The summed E-state index contributed by atoms with van der Waals surface area (Å²) in [5, 5.41) is 29.8. The van der Waals surface area contributed by atoms with Crippen LogP contribution < -0.4 is 10.2 Å². The van der Waals surface area contributed by atoms with Gasteiger partial charge in [0.1, 0.15) is 6.07 Å². The Kier molecular flexibility index (Phi) is 5.67. The third-order valence-electron chi connectivity index (χ3n) is 4.74. The van der Waals surface area contributed by atoms with E-state index in [0.717, 1.165) is 5.56 Å². The van der Waals surface area contributed by atoms with Crippen molar-refractivity contribution in [2.24, 2.45) is 0 Å². The molecule has 1 unspecified atom stereocenters. The maximum atomic E-state index is 12.4. The first-order chi connectivity index (χ1) is 13.0. The quantitative estimate of drug-likeness (QED) is 0.830. The molecule has 1 aliphatic heterocycles. The predicted octanol–water partition coefficient (Wildman–Crippen LogP) is 1.38. The molecule has 3 rings (SSSR count). The molecule has 1 fully saturated rings. The summed E-state index contributed by atoms with van der Waals surface area (Å²) < 4.78 is 0. The van der Waals surface area contributed by atoms with Crippen molar-refractivity contribution in [3.63, 3.8) is 0 Å². The zero-order valence-electron chi connectivity index (χ0n) is 15.5. The number of aliphatic hydroxyl groups excluding tert-OH is 1. The lowest BCUT2D eigenvalue weighted by atomic mass is 10.0. The van der Waals surface area contributed by atoms with Crippen LogP contribution in [0.5, 0.6) is 0 Å². The normalized spacial score (nSPS) is 19.1. The Bertz CT molecular complexity index is 827. The largest absolute Gasteiger partial charge is 0.389 e. The Morgan fingerprint density at radius 1 is 1.26 bits per heavy atom. The molecule has 0 spiro atoms. The van der Waals surface area contributed by atoms with Crippen molar-refractivity contribution in [3.05, 3.63) is 53.2 Å². The third-order valence-corrected chi connectivity index (χ3v) is 4.74. The van der Waals surface area contributed by atoms with Crippen molar-refractivity contribution in [2.75, 3.05) is 18.0 Å². The zero-order chi connectivity index (χ0) is 19.4. The molecule has 140 valence electrons. The highest BCUT2D eigenvalue weighted by Gasteiger charge is 2.33. The van der Waals surface area contributed by atoms with Gasteiger partial charge in [0.15, 0.2) is 11.5 Å². The van der Waals surface area contributed by atoms with Crippen molar-refractivity contribution in [2.45, 2.75) is 38.3 Å². The molecule has 2 atom stereocenters. The number of nitrogens with zero attached hydrogens (tertiary/aromatic N) is 4. The van der Waals surface area contributed by atoms with Gasteiger partial charge in [-0.15, -0.1) is 10.2 Å². The first-order valence-electron chi connectivity index (χ1n) is 9.01. The van der Waals surface area contributed by atoms with Crippen LogP contribution in [0.4, 0.5) is 5.82 Å². The number of aliphatic hydroxyl groups is 1. The Labute approximate surface area is 158 Å². The summed E-state index contributed by atoms with van der Waals surface area (Å²) in [6.07, 6.45) is -0.409. The van der Waals surface area contributed by atoms with E-state index in [1.165, 1.54) is 5.56 Å². The molecule has 1 aliphatic rings. The minimum absolute atomic E-state index is 0.121. The minimum atomic E-state index is -0.685. The van der Waals surface area contributed by atoms with Gasteiger partial charge in [0, 0.05) is 13.1 Å². The van der Waals surface area contributed by atoms with Crippen LogP contribution in [0.2, 0.25) is 0 Å². The molecular formula is C20H23N5O2. The highest BCUT2D eigenvalue weighted by molar-refractivity contribution is 5.79. The molecule has 2 aromatic rings. The summed E-state index contributed by atoms with van der Waals surface area (Å²) in [7, 11) is 0. The summed E-state index contributed by atoms with van der Waals surface area (Å²) in [6.45, 7) is 5.06. The van der Waals surface area contributed by atoms with E-state index in [1.54, 1.807) is 12.1 Å². The van der Waals surface area contributed by atoms with Gasteiger partial charge < -0.3 is 15.3 Å². The van der Waals surface area contributed by atoms with E-state index in [4.69, 9.17) is 5.26 Å². The summed E-state index contributed by atoms with van der Waals surface area (Å²) >= 11 is 0. The first kappa shape index (κ1) is 18.8. The number of aromatic nitrogens is 2. The average Bonchev–Trinajstić information content (AvgIpc) is 3.02. The molecule has 1 saturated heterocycles. The van der Waals surface area contributed by atoms with Crippen molar-refractivity contribution in [1.82, 2.24) is 15.5 Å². The fourth-order valence-electron chi connectivity index (χ4n) is 3.13. The van der Waals surface area contributed by atoms with Crippen LogP contribution in [0.1, 0.15) is 36.6 Å². The van der Waals surface area contributed by atoms with Crippen LogP contribution in [0, 0.1) is 11.3 Å². The molecule has 0 bridgehead atoms. The lowest BCUT2D eigenvalue weighted by molar-refractivity contribution is -0.121. The number of nitriles is 1. The van der Waals surface area contributed by atoms with E-state index in [0.29, 0.717) is 24.8 Å². The van der Waals surface area contributed by atoms with Gasteiger partial charge in [0.2, 0.25) is 5.91 Å². The highest BCUT2D eigenvalue weighted by atomic mass is 16.3. The number of nitrogens with one attached hydrogen (secondary N) is 1. The van der Waals surface area contributed by atoms with E-state index in [9.17, 15) is 9.90 Å². The van der Waals surface area contributed by atoms with Gasteiger partial charge in [0.05, 0.1) is 18.6 Å². The highest BCUT2D eigenvalue weighted by Crippen LogP contribution is 2.18. The third kappa shape index (κ3) is 4.60. The maximum absolute atomic E-state index is 12.4. The molecule has 0 radical (unpaired) electrons. The van der Waals surface area contributed by atoms with Crippen LogP contribution in [-0.4, -0.2) is 46.4 Å². The molecule has 7 nitrogen and oxygen atoms in total. The van der Waals surface area contributed by atoms with Crippen molar-refractivity contribution >= 4 is 11.7 Å². The van der Waals surface area contributed by atoms with Gasteiger partial charge in [-0.1, -0.05) is 38.1 Å². The monoisotopic (exact) mass is 365 g/mol. The summed E-state index contributed by atoms with van der Waals surface area (Å²) in [5.41, 5.74) is 2.43. The lowest BCUT2D eigenvalue weighted by Crippen LogP contribution is -2.43. The molecule has 7 heteroatoms. The summed E-state index contributed by atoms with van der Waals surface area (Å²) in [4.78, 5) is 14.2. The van der Waals surface area contributed by atoms with Gasteiger partial charge in [0.25, 0.3) is 0 Å². The summed E-state index contributed by atoms with van der Waals surface area (Å²) in [6, 6.07) is 12.9. The number of hydrogen-bond acceptors (Lipinski definition) is 6. The number of carbonyl (C=O) groups excluding carboxylic acids is 1. The van der Waals surface area contributed by atoms with Gasteiger partial charge in [-0.25, -0.2) is 0 Å². The fraction of sp³-hybridized carbons (Fsp3) is 0.400. The maximum Gasteiger partial charge on any atom is 0.224 e. The van der Waals surface area contributed by atoms with E-state index in [-0.39, 0.29) is 24.1 Å². The fourth-order valence-corrected chi connectivity index (χ4v) is 3.13. The van der Waals surface area contributed by atoms with Gasteiger partial charge >= 0.3 is 0 Å². The molecular weight excluding hydrogens is 342 g/mol. The number of amides is 1. The molecule has 1 amide bonds. The van der Waals surface area contributed by atoms with Gasteiger partial charge in [-0.3, -0.25) is 4.79 Å². The minimum Gasteiger partial charge on any atom is -0.389 e. The first-order valence-corrected chi connectivity index (χ1v) is 9.01. The molecule has 0 saturated carbocycles.